The summed E-state index contributed by atoms with van der Waals surface area (Å²) >= 11 is 0. The van der Waals surface area contributed by atoms with E-state index in [1.807, 2.05) is 0 Å². The third-order valence-corrected chi connectivity index (χ3v) is 3.71. The van der Waals surface area contributed by atoms with Gasteiger partial charge in [-0.05, 0) is 0 Å². The van der Waals surface area contributed by atoms with E-state index in [1.54, 1.807) is 0 Å². The molecule has 0 saturated carbocycles. The average Bonchev–Trinajstić information content (AvgIpc) is 2.58. The summed E-state index contributed by atoms with van der Waals surface area (Å²) in [7, 11) is -9.65. The van der Waals surface area contributed by atoms with Crippen LogP contribution in [0.2, 0.25) is 0 Å². The Kier molecular flexibility index (Phi) is 4.02. The van der Waals surface area contributed by atoms with Gasteiger partial charge >= 0.3 is 10.1 Å². The average molecular weight is 327 g/mol. The molecule has 1 rings (SSSR count). The van der Waals surface area contributed by atoms with Gasteiger partial charge in [-0.25, -0.2) is 4.74 Å². The first kappa shape index (κ1) is 16.6. The van der Waals surface area contributed by atoms with E-state index in [0.717, 1.165) is 0 Å². The summed E-state index contributed by atoms with van der Waals surface area (Å²) in [5, 5.41) is 10.6. The second-order valence-corrected chi connectivity index (χ2v) is 7.61. The molecule has 9 nitrogen and oxygen atoms in total. The molecule has 0 radical (unpaired) electrons. The van der Waals surface area contributed by atoms with Crippen LogP contribution in [0.3, 0.4) is 0 Å². The Morgan fingerprint density at radius 3 is 2.05 bits per heavy atom. The zero-order valence-corrected chi connectivity index (χ0v) is 12.4. The molecule has 0 bridgehead atoms. The maximum Gasteiger partial charge on any atom is 0.328 e. The lowest BCUT2D eigenvalue weighted by Crippen LogP contribution is -2.29. The van der Waals surface area contributed by atoms with E-state index in [0.29, 0.717) is 17.0 Å². The Bertz CT molecular complexity index is 748. The highest BCUT2D eigenvalue weighted by Gasteiger charge is 2.29. The van der Waals surface area contributed by atoms with Crippen molar-refractivity contribution in [3.8, 4) is 0 Å². The standard InChI is InChI=1S/C9H13NO8S2/c1-9(2,3)10(11)5-6-7(19(12,13)14)4-8(18-6)20(15,16)17/h4-5H,1-3H3,(H,12,13,14)(H,15,16,17). The van der Waals surface area contributed by atoms with Gasteiger partial charge in [0.15, 0.2) is 5.54 Å². The molecule has 0 amide bonds. The van der Waals surface area contributed by atoms with Gasteiger partial charge in [-0.1, -0.05) is 0 Å². The summed E-state index contributed by atoms with van der Waals surface area (Å²) in [6.45, 7) is 4.53. The Hall–Kier alpha value is -1.43. The molecule has 0 aliphatic heterocycles. The van der Waals surface area contributed by atoms with Gasteiger partial charge in [0.2, 0.25) is 17.1 Å². The van der Waals surface area contributed by atoms with Gasteiger partial charge < -0.3 is 9.62 Å². The second kappa shape index (κ2) is 4.84. The van der Waals surface area contributed by atoms with Crippen molar-refractivity contribution >= 4 is 26.5 Å². The van der Waals surface area contributed by atoms with Gasteiger partial charge in [0, 0.05) is 26.8 Å². The predicted molar refractivity (Wildman–Crippen MR) is 66.9 cm³/mol. The summed E-state index contributed by atoms with van der Waals surface area (Å²) < 4.78 is 66.6. The zero-order valence-electron chi connectivity index (χ0n) is 10.8. The molecule has 0 aliphatic rings. The quantitative estimate of drug-likeness (QED) is 0.268. The first-order valence-electron chi connectivity index (χ1n) is 5.13. The SMILES string of the molecule is CC(C)(C)[N+]([O-])=Cc1oc(S(=O)(=O)O)cc1S(=O)(=O)O. The summed E-state index contributed by atoms with van der Waals surface area (Å²) in [5.74, 6) is -0.704. The first-order valence-corrected chi connectivity index (χ1v) is 8.01. The van der Waals surface area contributed by atoms with Crippen molar-refractivity contribution in [3.05, 3.63) is 17.0 Å². The molecule has 0 atom stereocenters. The van der Waals surface area contributed by atoms with Crippen molar-refractivity contribution in [2.24, 2.45) is 0 Å². The van der Waals surface area contributed by atoms with Crippen molar-refractivity contribution in [1.29, 1.82) is 0 Å². The van der Waals surface area contributed by atoms with Crippen LogP contribution in [-0.4, -0.2) is 42.4 Å². The van der Waals surface area contributed by atoms with Crippen molar-refractivity contribution in [1.82, 2.24) is 0 Å². The molecule has 1 aromatic rings. The summed E-state index contributed by atoms with van der Waals surface area (Å²) in [6.07, 6.45) is 0.664. The molecule has 0 unspecified atom stereocenters. The second-order valence-electron chi connectivity index (χ2n) is 4.87. The fraction of sp³-hybridized carbons (Fsp3) is 0.444. The van der Waals surface area contributed by atoms with E-state index < -0.39 is 41.5 Å². The summed E-state index contributed by atoms with van der Waals surface area (Å²) in [4.78, 5) is -0.935. The highest BCUT2D eigenvalue weighted by molar-refractivity contribution is 7.86. The fourth-order valence-corrected chi connectivity index (χ4v) is 2.23. The normalized spacial score (nSPS) is 14.6. The lowest BCUT2D eigenvalue weighted by Gasteiger charge is -2.18. The number of hydrogen-bond donors (Lipinski definition) is 2. The maximum absolute atomic E-state index is 11.7. The fourth-order valence-electron chi connectivity index (χ4n) is 1.09. The van der Waals surface area contributed by atoms with Crippen molar-refractivity contribution < 1.29 is 35.1 Å². The zero-order chi connectivity index (χ0) is 15.9. The highest BCUT2D eigenvalue weighted by Crippen LogP contribution is 2.23. The molecule has 0 aromatic carbocycles. The molecule has 11 heteroatoms. The molecule has 0 aliphatic carbocycles. The van der Waals surface area contributed by atoms with Crippen LogP contribution in [0, 0.1) is 5.21 Å². The first-order chi connectivity index (χ1) is 8.73. The Morgan fingerprint density at radius 2 is 1.70 bits per heavy atom. The lowest BCUT2D eigenvalue weighted by molar-refractivity contribution is -0.531. The van der Waals surface area contributed by atoms with Gasteiger partial charge in [0.05, 0.1) is 0 Å². The third-order valence-electron chi connectivity index (χ3n) is 2.13. The molecule has 2 N–H and O–H groups in total. The van der Waals surface area contributed by atoms with Crippen LogP contribution in [0.15, 0.2) is 20.5 Å². The van der Waals surface area contributed by atoms with Crippen LogP contribution < -0.4 is 0 Å². The third kappa shape index (κ3) is 3.79. The van der Waals surface area contributed by atoms with E-state index >= 15 is 0 Å². The van der Waals surface area contributed by atoms with Crippen LogP contribution in [-0.2, 0) is 20.2 Å². The van der Waals surface area contributed by atoms with Crippen molar-refractivity contribution in [3.63, 3.8) is 0 Å². The van der Waals surface area contributed by atoms with E-state index in [-0.39, 0.29) is 0 Å². The molecule has 0 saturated heterocycles. The van der Waals surface area contributed by atoms with Gasteiger partial charge in [-0.2, -0.15) is 16.8 Å². The van der Waals surface area contributed by atoms with Crippen LogP contribution in [0.25, 0.3) is 0 Å². The largest absolute Gasteiger partial charge is 0.623 e. The summed E-state index contributed by atoms with van der Waals surface area (Å²) in [5.41, 5.74) is -0.957. The van der Waals surface area contributed by atoms with Gasteiger partial charge in [0.1, 0.15) is 4.90 Å². The predicted octanol–water partition coefficient (Wildman–Crippen LogP) is 0.501. The van der Waals surface area contributed by atoms with E-state index in [1.165, 1.54) is 20.8 Å². The number of hydrogen-bond acceptors (Lipinski definition) is 6. The van der Waals surface area contributed by atoms with Gasteiger partial charge in [0.25, 0.3) is 10.1 Å². The molecule has 0 spiro atoms. The number of rotatable bonds is 3. The van der Waals surface area contributed by atoms with E-state index in [4.69, 9.17) is 9.11 Å². The minimum atomic E-state index is -4.83. The molecule has 1 heterocycles. The summed E-state index contributed by atoms with van der Waals surface area (Å²) in [6, 6.07) is 0.410. The van der Waals surface area contributed by atoms with Crippen molar-refractivity contribution in [2.45, 2.75) is 36.3 Å². The Morgan fingerprint density at radius 1 is 1.20 bits per heavy atom. The number of furan rings is 1. The molecular formula is C9H13NO8S2. The monoisotopic (exact) mass is 327 g/mol. The van der Waals surface area contributed by atoms with Gasteiger partial charge in [-0.15, -0.1) is 0 Å². The smallest absolute Gasteiger partial charge is 0.328 e. The minimum Gasteiger partial charge on any atom is -0.623 e. The van der Waals surface area contributed by atoms with Crippen LogP contribution in [0.4, 0.5) is 0 Å². The Balaban J connectivity index is 3.59. The lowest BCUT2D eigenvalue weighted by atomic mass is 10.1. The van der Waals surface area contributed by atoms with E-state index in [2.05, 4.69) is 4.42 Å². The highest BCUT2D eigenvalue weighted by atomic mass is 32.2. The molecule has 1 aromatic heterocycles. The maximum atomic E-state index is 11.7. The molecule has 114 valence electrons. The topological polar surface area (TPSA) is 148 Å². The molecule has 20 heavy (non-hydrogen) atoms. The molecular weight excluding hydrogens is 314 g/mol. The van der Waals surface area contributed by atoms with Crippen LogP contribution in [0.1, 0.15) is 26.5 Å². The van der Waals surface area contributed by atoms with Crippen molar-refractivity contribution in [2.75, 3.05) is 0 Å². The van der Waals surface area contributed by atoms with Crippen LogP contribution >= 0.6 is 0 Å². The number of hydroxylamine groups is 1. The van der Waals surface area contributed by atoms with Gasteiger partial charge in [-0.3, -0.25) is 9.11 Å². The molecule has 0 fully saturated rings. The van der Waals surface area contributed by atoms with Crippen LogP contribution in [0.5, 0.6) is 0 Å². The Labute approximate surface area is 115 Å². The minimum absolute atomic E-state index is 0.314. The van der Waals surface area contributed by atoms with E-state index in [9.17, 15) is 22.0 Å². The number of nitrogens with zero attached hydrogens (tertiary/aromatic N) is 1.